The first-order chi connectivity index (χ1) is 13.2. The molecule has 1 fully saturated rings. The number of ether oxygens (including phenoxy) is 2. The summed E-state index contributed by atoms with van der Waals surface area (Å²) in [5.41, 5.74) is 5.36. The quantitative estimate of drug-likeness (QED) is 0.336. The van der Waals surface area contributed by atoms with Crippen LogP contribution in [-0.2, 0) is 9.47 Å². The van der Waals surface area contributed by atoms with E-state index in [-0.39, 0.29) is 0 Å². The summed E-state index contributed by atoms with van der Waals surface area (Å²) >= 11 is 0. The number of aromatic nitrogens is 3. The van der Waals surface area contributed by atoms with Crippen molar-refractivity contribution in [3.05, 3.63) is 0 Å². The Hall–Kier alpha value is -1.71. The van der Waals surface area contributed by atoms with Gasteiger partial charge in [-0.05, 0) is 31.6 Å². The molecular formula is C18H35N7O2. The number of hydrogen-bond donors (Lipinski definition) is 4. The van der Waals surface area contributed by atoms with Gasteiger partial charge in [-0.1, -0.05) is 13.8 Å². The minimum atomic E-state index is 0.473. The Morgan fingerprint density at radius 3 is 2.15 bits per heavy atom. The van der Waals surface area contributed by atoms with Gasteiger partial charge in [-0.15, -0.1) is 0 Å². The van der Waals surface area contributed by atoms with Crippen LogP contribution in [0.4, 0.5) is 17.8 Å². The van der Waals surface area contributed by atoms with Crippen LogP contribution >= 0.6 is 0 Å². The first-order valence-electron chi connectivity index (χ1n) is 10.0. The van der Waals surface area contributed by atoms with Gasteiger partial charge in [0.1, 0.15) is 0 Å². The van der Waals surface area contributed by atoms with Crippen molar-refractivity contribution < 1.29 is 9.47 Å². The first-order valence-corrected chi connectivity index (χ1v) is 10.0. The fourth-order valence-corrected chi connectivity index (χ4v) is 2.45. The molecule has 0 saturated heterocycles. The molecule has 0 aromatic carbocycles. The Morgan fingerprint density at radius 2 is 1.56 bits per heavy atom. The summed E-state index contributed by atoms with van der Waals surface area (Å²) in [4.78, 5) is 13.4. The average Bonchev–Trinajstić information content (AvgIpc) is 2.60. The third-order valence-corrected chi connectivity index (χ3v) is 4.24. The zero-order valence-electron chi connectivity index (χ0n) is 16.7. The van der Waals surface area contributed by atoms with Gasteiger partial charge < -0.3 is 31.2 Å². The van der Waals surface area contributed by atoms with Crippen molar-refractivity contribution in [1.82, 2.24) is 15.0 Å². The van der Waals surface area contributed by atoms with Crippen LogP contribution in [-0.4, -0.2) is 67.1 Å². The van der Waals surface area contributed by atoms with E-state index in [4.69, 9.17) is 15.2 Å². The molecule has 1 aromatic heterocycles. The Kier molecular flexibility index (Phi) is 10.1. The molecule has 9 heteroatoms. The van der Waals surface area contributed by atoms with Crippen LogP contribution in [0.5, 0.6) is 0 Å². The summed E-state index contributed by atoms with van der Waals surface area (Å²) in [5.74, 6) is 2.42. The lowest BCUT2D eigenvalue weighted by molar-refractivity contribution is 0.0547. The van der Waals surface area contributed by atoms with Crippen molar-refractivity contribution in [3.63, 3.8) is 0 Å². The molecule has 0 amide bonds. The van der Waals surface area contributed by atoms with E-state index < -0.39 is 0 Å². The zero-order valence-corrected chi connectivity index (χ0v) is 16.7. The predicted octanol–water partition coefficient (Wildman–Crippen LogP) is 1.70. The molecule has 5 N–H and O–H groups in total. The maximum absolute atomic E-state index is 5.51. The molecule has 0 atom stereocenters. The lowest BCUT2D eigenvalue weighted by Gasteiger charge is -2.26. The fourth-order valence-electron chi connectivity index (χ4n) is 2.45. The minimum absolute atomic E-state index is 0.473. The van der Waals surface area contributed by atoms with Crippen molar-refractivity contribution in [2.75, 3.05) is 62.0 Å². The minimum Gasteiger partial charge on any atom is -0.378 e. The van der Waals surface area contributed by atoms with Gasteiger partial charge in [-0.3, -0.25) is 0 Å². The van der Waals surface area contributed by atoms with Gasteiger partial charge in [0.25, 0.3) is 0 Å². The molecule has 1 aromatic rings. The molecule has 154 valence electrons. The molecule has 1 aliphatic rings. The van der Waals surface area contributed by atoms with E-state index in [1.165, 1.54) is 19.3 Å². The number of nitrogens with two attached hydrogens (primary N) is 1. The lowest BCUT2D eigenvalue weighted by atomic mass is 9.93. The number of rotatable bonds is 15. The van der Waals surface area contributed by atoms with Crippen LogP contribution < -0.4 is 21.7 Å². The highest BCUT2D eigenvalue weighted by atomic mass is 16.5. The Labute approximate surface area is 162 Å². The second-order valence-corrected chi connectivity index (χ2v) is 7.13. The van der Waals surface area contributed by atoms with Crippen LogP contribution in [0.25, 0.3) is 0 Å². The van der Waals surface area contributed by atoms with E-state index in [2.05, 4.69) is 44.7 Å². The van der Waals surface area contributed by atoms with E-state index in [0.29, 0.717) is 69.3 Å². The third-order valence-electron chi connectivity index (χ3n) is 4.24. The van der Waals surface area contributed by atoms with Crippen molar-refractivity contribution in [2.45, 2.75) is 45.6 Å². The van der Waals surface area contributed by atoms with Gasteiger partial charge in [0, 0.05) is 25.7 Å². The molecule has 1 heterocycles. The van der Waals surface area contributed by atoms with E-state index in [0.717, 1.165) is 13.0 Å². The normalized spacial score (nSPS) is 14.2. The third kappa shape index (κ3) is 9.16. The molecular weight excluding hydrogens is 346 g/mol. The molecule has 1 saturated carbocycles. The highest BCUT2D eigenvalue weighted by Gasteiger charge is 2.18. The van der Waals surface area contributed by atoms with E-state index in [9.17, 15) is 0 Å². The average molecular weight is 382 g/mol. The first kappa shape index (κ1) is 21.6. The molecule has 0 bridgehead atoms. The molecule has 9 nitrogen and oxygen atoms in total. The largest absolute Gasteiger partial charge is 0.378 e. The van der Waals surface area contributed by atoms with E-state index >= 15 is 0 Å². The Bertz CT molecular complexity index is 526. The van der Waals surface area contributed by atoms with Crippen molar-refractivity contribution in [2.24, 2.45) is 11.7 Å². The van der Waals surface area contributed by atoms with Crippen molar-refractivity contribution in [1.29, 1.82) is 0 Å². The number of nitrogens with one attached hydrogen (secondary N) is 3. The lowest BCUT2D eigenvalue weighted by Crippen LogP contribution is -2.28. The van der Waals surface area contributed by atoms with Gasteiger partial charge >= 0.3 is 0 Å². The molecule has 0 unspecified atom stereocenters. The summed E-state index contributed by atoms with van der Waals surface area (Å²) in [6.45, 7) is 8.63. The SMILES string of the molecule is CC(C)CCNc1nc(NCCOCCOCCN)nc(NC2CCC2)n1. The van der Waals surface area contributed by atoms with E-state index in [1.807, 2.05) is 0 Å². The van der Waals surface area contributed by atoms with Crippen LogP contribution in [0.3, 0.4) is 0 Å². The zero-order chi connectivity index (χ0) is 19.3. The molecule has 0 radical (unpaired) electrons. The molecule has 0 aliphatic heterocycles. The van der Waals surface area contributed by atoms with Crippen LogP contribution in [0.1, 0.15) is 39.5 Å². The van der Waals surface area contributed by atoms with Gasteiger partial charge in [-0.25, -0.2) is 0 Å². The Morgan fingerprint density at radius 1 is 0.926 bits per heavy atom. The molecule has 27 heavy (non-hydrogen) atoms. The smallest absolute Gasteiger partial charge is 0.229 e. The van der Waals surface area contributed by atoms with Crippen LogP contribution in [0, 0.1) is 5.92 Å². The number of anilines is 3. The van der Waals surface area contributed by atoms with Crippen molar-refractivity contribution in [3.8, 4) is 0 Å². The summed E-state index contributed by atoms with van der Waals surface area (Å²) < 4.78 is 10.8. The topological polar surface area (TPSA) is 119 Å². The van der Waals surface area contributed by atoms with Crippen molar-refractivity contribution >= 4 is 17.8 Å². The second-order valence-electron chi connectivity index (χ2n) is 7.13. The van der Waals surface area contributed by atoms with Gasteiger partial charge in [-0.2, -0.15) is 15.0 Å². The summed E-state index contributed by atoms with van der Waals surface area (Å²) in [6.07, 6.45) is 4.68. The van der Waals surface area contributed by atoms with Crippen LogP contribution in [0.15, 0.2) is 0 Å². The molecule has 1 aliphatic carbocycles. The standard InChI is InChI=1S/C18H35N7O2/c1-14(2)6-8-20-16-23-17(21-9-11-27-13-12-26-10-7-19)25-18(24-16)22-15-4-3-5-15/h14-15H,3-13,19H2,1-2H3,(H3,20,21,22,23,24,25). The molecule has 0 spiro atoms. The van der Waals surface area contributed by atoms with Gasteiger partial charge in [0.15, 0.2) is 0 Å². The summed E-state index contributed by atoms with van der Waals surface area (Å²) in [7, 11) is 0. The van der Waals surface area contributed by atoms with Gasteiger partial charge in [0.05, 0.1) is 26.4 Å². The highest BCUT2D eigenvalue weighted by Crippen LogP contribution is 2.22. The maximum Gasteiger partial charge on any atom is 0.229 e. The monoisotopic (exact) mass is 381 g/mol. The fraction of sp³-hybridized carbons (Fsp3) is 0.833. The predicted molar refractivity (Wildman–Crippen MR) is 108 cm³/mol. The summed E-state index contributed by atoms with van der Waals surface area (Å²) in [6, 6.07) is 0.473. The Balaban J connectivity index is 1.78. The maximum atomic E-state index is 5.51. The highest BCUT2D eigenvalue weighted by molar-refractivity contribution is 5.42. The van der Waals surface area contributed by atoms with Gasteiger partial charge in [0.2, 0.25) is 17.8 Å². The summed E-state index contributed by atoms with van der Waals surface area (Å²) in [5, 5.41) is 9.89. The molecule has 2 rings (SSSR count). The van der Waals surface area contributed by atoms with E-state index in [1.54, 1.807) is 0 Å². The number of hydrogen-bond acceptors (Lipinski definition) is 9. The second kappa shape index (κ2) is 12.6. The number of nitrogens with zero attached hydrogens (tertiary/aromatic N) is 3. The van der Waals surface area contributed by atoms with Crippen LogP contribution in [0.2, 0.25) is 0 Å².